The van der Waals surface area contributed by atoms with Crippen LogP contribution in [-0.4, -0.2) is 43.5 Å². The van der Waals surface area contributed by atoms with E-state index >= 15 is 0 Å². The van der Waals surface area contributed by atoms with Gasteiger partial charge < -0.3 is 4.74 Å². The third-order valence-electron chi connectivity index (χ3n) is 2.97. The summed E-state index contributed by atoms with van der Waals surface area (Å²) in [5.74, 6) is 1.78. The molecule has 0 aromatic rings. The second-order valence-corrected chi connectivity index (χ2v) is 4.79. The minimum atomic E-state index is 0.531. The fraction of sp³-hybridized carbons (Fsp3) is 1.00. The maximum atomic E-state index is 5.19. The van der Waals surface area contributed by atoms with Gasteiger partial charge in [-0.3, -0.25) is 4.90 Å². The van der Waals surface area contributed by atoms with Crippen molar-refractivity contribution < 1.29 is 4.74 Å². The Morgan fingerprint density at radius 1 is 1.27 bits per heavy atom. The van der Waals surface area contributed by atoms with Crippen LogP contribution in [0.15, 0.2) is 0 Å². The topological polar surface area (TPSA) is 12.5 Å². The smallest absolute Gasteiger partial charge is 0.0615 e. The Morgan fingerprint density at radius 3 is 2.40 bits per heavy atom. The molecule has 0 aliphatic rings. The van der Waals surface area contributed by atoms with Crippen LogP contribution in [0.2, 0.25) is 0 Å². The van der Waals surface area contributed by atoms with Gasteiger partial charge in [0, 0.05) is 13.2 Å². The summed E-state index contributed by atoms with van der Waals surface area (Å²) < 4.78 is 5.19. The Balaban J connectivity index is 3.78. The van der Waals surface area contributed by atoms with E-state index in [1.165, 1.54) is 19.4 Å². The average molecular weight is 233 g/mol. The Hall–Kier alpha value is 0.270. The Morgan fingerprint density at radius 2 is 1.93 bits per heavy atom. The number of thiol groups is 1. The number of likely N-dealkylation sites (N-methyl/N-ethyl adjacent to an activating group) is 1. The average Bonchev–Trinajstić information content (AvgIpc) is 2.19. The summed E-state index contributed by atoms with van der Waals surface area (Å²) in [6.45, 7) is 9.87. The summed E-state index contributed by atoms with van der Waals surface area (Å²) in [7, 11) is 1.77. The summed E-state index contributed by atoms with van der Waals surface area (Å²) in [5, 5.41) is 0. The zero-order valence-corrected chi connectivity index (χ0v) is 11.6. The molecular weight excluding hydrogens is 206 g/mol. The first-order valence-corrected chi connectivity index (χ1v) is 6.62. The van der Waals surface area contributed by atoms with Crippen LogP contribution in [0.25, 0.3) is 0 Å². The molecule has 0 aliphatic carbocycles. The van der Waals surface area contributed by atoms with Crippen LogP contribution in [0, 0.1) is 5.92 Å². The molecule has 0 bridgehead atoms. The molecule has 0 aliphatic heterocycles. The van der Waals surface area contributed by atoms with Gasteiger partial charge in [-0.15, -0.1) is 0 Å². The van der Waals surface area contributed by atoms with Gasteiger partial charge in [0.2, 0.25) is 0 Å². The molecule has 92 valence electrons. The zero-order chi connectivity index (χ0) is 11.7. The number of ether oxygens (including phenoxy) is 1. The van der Waals surface area contributed by atoms with Crippen molar-refractivity contribution in [1.29, 1.82) is 0 Å². The predicted molar refractivity (Wildman–Crippen MR) is 70.8 cm³/mol. The highest BCUT2D eigenvalue weighted by Crippen LogP contribution is 2.11. The van der Waals surface area contributed by atoms with Crippen molar-refractivity contribution in [2.45, 2.75) is 39.7 Å². The van der Waals surface area contributed by atoms with Crippen LogP contribution in [0.1, 0.15) is 33.6 Å². The lowest BCUT2D eigenvalue weighted by Gasteiger charge is -2.28. The Bertz CT molecular complexity index is 144. The molecule has 0 spiro atoms. The molecule has 0 aromatic carbocycles. The van der Waals surface area contributed by atoms with Crippen molar-refractivity contribution in [3.8, 4) is 0 Å². The summed E-state index contributed by atoms with van der Waals surface area (Å²) in [4.78, 5) is 2.48. The highest BCUT2D eigenvalue weighted by Gasteiger charge is 2.12. The van der Waals surface area contributed by atoms with Gasteiger partial charge >= 0.3 is 0 Å². The predicted octanol–water partition coefficient (Wildman–Crippen LogP) is 2.69. The first-order chi connectivity index (χ1) is 7.15. The van der Waals surface area contributed by atoms with Crippen molar-refractivity contribution in [3.05, 3.63) is 0 Å². The second-order valence-electron chi connectivity index (χ2n) is 4.34. The van der Waals surface area contributed by atoms with Gasteiger partial charge in [-0.1, -0.05) is 13.8 Å². The van der Waals surface area contributed by atoms with E-state index in [0.717, 1.165) is 24.8 Å². The molecule has 0 N–H and O–H groups in total. The van der Waals surface area contributed by atoms with Gasteiger partial charge in [0.25, 0.3) is 0 Å². The zero-order valence-electron chi connectivity index (χ0n) is 10.7. The molecule has 0 fully saturated rings. The minimum Gasteiger partial charge on any atom is -0.383 e. The first kappa shape index (κ1) is 15.3. The lowest BCUT2D eigenvalue weighted by molar-refractivity contribution is 0.0989. The number of methoxy groups -OCH3 is 1. The maximum Gasteiger partial charge on any atom is 0.0615 e. The summed E-state index contributed by atoms with van der Waals surface area (Å²) in [6.07, 6.45) is 2.49. The summed E-state index contributed by atoms with van der Waals surface area (Å²) in [5.41, 5.74) is 0. The largest absolute Gasteiger partial charge is 0.383 e. The molecule has 0 amide bonds. The maximum absolute atomic E-state index is 5.19. The van der Waals surface area contributed by atoms with Crippen molar-refractivity contribution in [1.82, 2.24) is 4.90 Å². The van der Waals surface area contributed by atoms with Gasteiger partial charge in [0.15, 0.2) is 0 Å². The molecule has 0 heterocycles. The van der Waals surface area contributed by atoms with Crippen LogP contribution >= 0.6 is 12.6 Å². The Kier molecular flexibility index (Phi) is 9.66. The van der Waals surface area contributed by atoms with Gasteiger partial charge in [0.05, 0.1) is 6.61 Å². The van der Waals surface area contributed by atoms with Crippen LogP contribution in [0.5, 0.6) is 0 Å². The molecule has 0 saturated carbocycles. The lowest BCUT2D eigenvalue weighted by Crippen LogP contribution is -2.37. The molecule has 0 aromatic heterocycles. The third-order valence-corrected chi connectivity index (χ3v) is 3.23. The van der Waals surface area contributed by atoms with Crippen molar-refractivity contribution in [2.24, 2.45) is 5.92 Å². The number of hydrogen-bond donors (Lipinski definition) is 1. The van der Waals surface area contributed by atoms with Crippen LogP contribution in [0.4, 0.5) is 0 Å². The number of nitrogens with zero attached hydrogens (tertiary/aromatic N) is 1. The van der Waals surface area contributed by atoms with Crippen molar-refractivity contribution >= 4 is 12.6 Å². The molecule has 2 unspecified atom stereocenters. The van der Waals surface area contributed by atoms with E-state index in [0.29, 0.717) is 6.04 Å². The number of rotatable bonds is 9. The van der Waals surface area contributed by atoms with Gasteiger partial charge in [-0.05, 0) is 44.5 Å². The van der Waals surface area contributed by atoms with Gasteiger partial charge in [-0.2, -0.15) is 12.6 Å². The van der Waals surface area contributed by atoms with E-state index < -0.39 is 0 Å². The van der Waals surface area contributed by atoms with Crippen LogP contribution < -0.4 is 0 Å². The molecule has 2 nitrogen and oxygen atoms in total. The van der Waals surface area contributed by atoms with Crippen molar-refractivity contribution in [2.75, 3.05) is 32.6 Å². The van der Waals surface area contributed by atoms with E-state index in [2.05, 4.69) is 38.3 Å². The molecular formula is C12H27NOS. The van der Waals surface area contributed by atoms with E-state index in [4.69, 9.17) is 4.74 Å². The minimum absolute atomic E-state index is 0.531. The van der Waals surface area contributed by atoms with Crippen LogP contribution in [-0.2, 0) is 4.74 Å². The van der Waals surface area contributed by atoms with E-state index in [1.54, 1.807) is 7.11 Å². The fourth-order valence-corrected chi connectivity index (χ4v) is 2.23. The van der Waals surface area contributed by atoms with Crippen LogP contribution in [0.3, 0.4) is 0 Å². The molecule has 2 atom stereocenters. The molecule has 0 saturated heterocycles. The van der Waals surface area contributed by atoms with E-state index in [1.807, 2.05) is 0 Å². The molecule has 3 heteroatoms. The second kappa shape index (κ2) is 9.49. The molecule has 0 rings (SSSR count). The third kappa shape index (κ3) is 7.20. The summed E-state index contributed by atoms with van der Waals surface area (Å²) >= 11 is 4.27. The highest BCUT2D eigenvalue weighted by atomic mass is 32.1. The van der Waals surface area contributed by atoms with E-state index in [-0.39, 0.29) is 0 Å². The molecule has 15 heavy (non-hydrogen) atoms. The fourth-order valence-electron chi connectivity index (χ4n) is 1.79. The monoisotopic (exact) mass is 233 g/mol. The van der Waals surface area contributed by atoms with E-state index in [9.17, 15) is 0 Å². The SMILES string of the molecule is CCN(CCC(C)CCS)C(C)COC. The van der Waals surface area contributed by atoms with Gasteiger partial charge in [-0.25, -0.2) is 0 Å². The normalized spacial score (nSPS) is 15.6. The number of hydrogen-bond acceptors (Lipinski definition) is 3. The Labute approximate surface area is 101 Å². The standard InChI is InChI=1S/C12H27NOS/c1-5-13(12(3)10-14-4)8-6-11(2)7-9-15/h11-12,15H,5-10H2,1-4H3. The summed E-state index contributed by atoms with van der Waals surface area (Å²) in [6, 6.07) is 0.531. The lowest BCUT2D eigenvalue weighted by atomic mass is 10.0. The molecule has 0 radical (unpaired) electrons. The van der Waals surface area contributed by atoms with Gasteiger partial charge in [0.1, 0.15) is 0 Å². The quantitative estimate of drug-likeness (QED) is 0.615. The van der Waals surface area contributed by atoms with Crippen molar-refractivity contribution in [3.63, 3.8) is 0 Å². The first-order valence-electron chi connectivity index (χ1n) is 5.99. The highest BCUT2D eigenvalue weighted by molar-refractivity contribution is 7.80.